The van der Waals surface area contributed by atoms with E-state index in [0.717, 1.165) is 17.5 Å². The van der Waals surface area contributed by atoms with Crippen LogP contribution in [0.25, 0.3) is 0 Å². The Balaban J connectivity index is 1.98. The molecule has 3 nitrogen and oxygen atoms in total. The molecule has 0 aromatic heterocycles. The van der Waals surface area contributed by atoms with E-state index in [1.165, 1.54) is 17.7 Å². The second kappa shape index (κ2) is 5.96. The second-order valence-electron chi connectivity index (χ2n) is 4.03. The van der Waals surface area contributed by atoms with Crippen molar-refractivity contribution in [3.8, 4) is 5.75 Å². The van der Waals surface area contributed by atoms with Gasteiger partial charge in [0.15, 0.2) is 5.17 Å². The molecule has 1 aromatic rings. The summed E-state index contributed by atoms with van der Waals surface area (Å²) in [6.45, 7) is 3.10. The first-order valence-electron chi connectivity index (χ1n) is 5.87. The van der Waals surface area contributed by atoms with Gasteiger partial charge >= 0.3 is 0 Å². The molecule has 1 aliphatic rings. The third-order valence-electron chi connectivity index (χ3n) is 2.75. The summed E-state index contributed by atoms with van der Waals surface area (Å²) in [5, 5.41) is 4.51. The molecule has 4 heteroatoms. The fraction of sp³-hybridized carbons (Fsp3) is 0.462. The van der Waals surface area contributed by atoms with Gasteiger partial charge in [0.2, 0.25) is 0 Å². The number of amidine groups is 1. The minimum Gasteiger partial charge on any atom is -0.497 e. The van der Waals surface area contributed by atoms with Crippen LogP contribution in [0.1, 0.15) is 24.9 Å². The Kier molecular flexibility index (Phi) is 4.31. The van der Waals surface area contributed by atoms with Crippen LogP contribution < -0.4 is 10.1 Å². The molecule has 0 amide bonds. The van der Waals surface area contributed by atoms with Crippen LogP contribution in [0.5, 0.6) is 5.75 Å². The molecule has 1 heterocycles. The molecule has 1 aliphatic heterocycles. The van der Waals surface area contributed by atoms with Crippen molar-refractivity contribution in [1.82, 2.24) is 5.32 Å². The molecular formula is C13H18N2OS. The molecule has 0 saturated heterocycles. The highest BCUT2D eigenvalue weighted by Gasteiger charge is 2.10. The summed E-state index contributed by atoms with van der Waals surface area (Å²) < 4.78 is 5.15. The Bertz CT molecular complexity index is 389. The number of hydrogen-bond donors (Lipinski definition) is 1. The highest BCUT2D eigenvalue weighted by molar-refractivity contribution is 8.13. The number of nitrogens with one attached hydrogen (secondary N) is 1. The highest BCUT2D eigenvalue weighted by atomic mass is 32.2. The summed E-state index contributed by atoms with van der Waals surface area (Å²) in [5.74, 6) is 2.06. The van der Waals surface area contributed by atoms with E-state index < -0.39 is 0 Å². The van der Waals surface area contributed by atoms with E-state index in [0.29, 0.717) is 0 Å². The molecular weight excluding hydrogens is 232 g/mol. The van der Waals surface area contributed by atoms with Gasteiger partial charge in [0, 0.05) is 12.3 Å². The van der Waals surface area contributed by atoms with Gasteiger partial charge in [-0.1, -0.05) is 23.9 Å². The minimum atomic E-state index is 0.283. The molecule has 17 heavy (non-hydrogen) atoms. The van der Waals surface area contributed by atoms with Crippen molar-refractivity contribution in [3.63, 3.8) is 0 Å². The Labute approximate surface area is 107 Å². The molecule has 92 valence electrons. The monoisotopic (exact) mass is 250 g/mol. The van der Waals surface area contributed by atoms with Crippen LogP contribution in [0.3, 0.4) is 0 Å². The van der Waals surface area contributed by atoms with Crippen molar-refractivity contribution in [1.29, 1.82) is 0 Å². The number of rotatable bonds is 3. The van der Waals surface area contributed by atoms with Crippen molar-refractivity contribution in [2.45, 2.75) is 19.4 Å². The molecule has 0 fully saturated rings. The van der Waals surface area contributed by atoms with Crippen LogP contribution in [-0.2, 0) is 0 Å². The van der Waals surface area contributed by atoms with Crippen LogP contribution in [0, 0.1) is 0 Å². The third kappa shape index (κ3) is 3.40. The van der Waals surface area contributed by atoms with Crippen LogP contribution in [0.15, 0.2) is 29.3 Å². The molecule has 2 rings (SSSR count). The standard InChI is InChI=1S/C13H18N2OS/c1-10(15-13-14-8-3-9-17-13)11-4-6-12(16-2)7-5-11/h4-7,10H,3,8-9H2,1-2H3,(H,14,15). The fourth-order valence-electron chi connectivity index (χ4n) is 1.71. The summed E-state index contributed by atoms with van der Waals surface area (Å²) in [6, 6.07) is 8.44. The molecule has 0 radical (unpaired) electrons. The van der Waals surface area contributed by atoms with Crippen molar-refractivity contribution in [2.24, 2.45) is 4.99 Å². The van der Waals surface area contributed by atoms with E-state index in [-0.39, 0.29) is 6.04 Å². The first-order chi connectivity index (χ1) is 8.29. The van der Waals surface area contributed by atoms with Crippen molar-refractivity contribution < 1.29 is 4.74 Å². The smallest absolute Gasteiger partial charge is 0.157 e. The zero-order valence-electron chi connectivity index (χ0n) is 10.3. The number of methoxy groups -OCH3 is 1. The second-order valence-corrected chi connectivity index (χ2v) is 5.11. The molecule has 0 aliphatic carbocycles. The Hall–Kier alpha value is -1.16. The van der Waals surface area contributed by atoms with Gasteiger partial charge in [0.1, 0.15) is 5.75 Å². The number of benzene rings is 1. The molecule has 1 N–H and O–H groups in total. The summed E-state index contributed by atoms with van der Waals surface area (Å²) in [5.41, 5.74) is 1.25. The first kappa shape index (κ1) is 12.3. The average Bonchev–Trinajstić information content (AvgIpc) is 2.40. The van der Waals surface area contributed by atoms with E-state index in [9.17, 15) is 0 Å². The van der Waals surface area contributed by atoms with E-state index in [1.807, 2.05) is 23.9 Å². The lowest BCUT2D eigenvalue weighted by atomic mass is 10.1. The number of nitrogens with zero attached hydrogens (tertiary/aromatic N) is 1. The van der Waals surface area contributed by atoms with Gasteiger partial charge in [-0.25, -0.2) is 0 Å². The van der Waals surface area contributed by atoms with Crippen LogP contribution in [0.4, 0.5) is 0 Å². The quantitative estimate of drug-likeness (QED) is 0.895. The van der Waals surface area contributed by atoms with E-state index >= 15 is 0 Å². The summed E-state index contributed by atoms with van der Waals surface area (Å²) in [4.78, 5) is 4.47. The van der Waals surface area contributed by atoms with Crippen LogP contribution in [0.2, 0.25) is 0 Å². The van der Waals surface area contributed by atoms with Gasteiger partial charge in [0.25, 0.3) is 0 Å². The molecule has 1 aromatic carbocycles. The van der Waals surface area contributed by atoms with E-state index in [1.54, 1.807) is 7.11 Å². The summed E-state index contributed by atoms with van der Waals surface area (Å²) in [7, 11) is 1.68. The number of hydrogen-bond acceptors (Lipinski definition) is 4. The van der Waals surface area contributed by atoms with Gasteiger partial charge in [0.05, 0.1) is 13.2 Å². The fourth-order valence-corrected chi connectivity index (χ4v) is 2.62. The molecule has 1 atom stereocenters. The maximum atomic E-state index is 5.15. The van der Waals surface area contributed by atoms with Crippen molar-refractivity contribution in [2.75, 3.05) is 19.4 Å². The first-order valence-corrected chi connectivity index (χ1v) is 6.86. The molecule has 1 unspecified atom stereocenters. The zero-order chi connectivity index (χ0) is 12.1. The van der Waals surface area contributed by atoms with Crippen molar-refractivity contribution >= 4 is 16.9 Å². The Morgan fingerprint density at radius 1 is 1.35 bits per heavy atom. The van der Waals surface area contributed by atoms with Gasteiger partial charge < -0.3 is 10.1 Å². The average molecular weight is 250 g/mol. The third-order valence-corrected chi connectivity index (χ3v) is 3.77. The number of ether oxygens (including phenoxy) is 1. The van der Waals surface area contributed by atoms with Gasteiger partial charge in [-0.15, -0.1) is 0 Å². The van der Waals surface area contributed by atoms with Crippen LogP contribution >= 0.6 is 11.8 Å². The lowest BCUT2D eigenvalue weighted by Crippen LogP contribution is -2.26. The maximum absolute atomic E-state index is 5.15. The summed E-state index contributed by atoms with van der Waals surface area (Å²) in [6.07, 6.45) is 1.19. The van der Waals surface area contributed by atoms with Crippen LogP contribution in [-0.4, -0.2) is 24.6 Å². The zero-order valence-corrected chi connectivity index (χ0v) is 11.1. The number of thioether (sulfide) groups is 1. The topological polar surface area (TPSA) is 33.6 Å². The largest absolute Gasteiger partial charge is 0.497 e. The SMILES string of the molecule is COc1ccc(C(C)NC2=NCCCS2)cc1. The minimum absolute atomic E-state index is 0.283. The normalized spacial score (nSPS) is 17.2. The lowest BCUT2D eigenvalue weighted by molar-refractivity contribution is 0.414. The predicted octanol–water partition coefficient (Wildman–Crippen LogP) is 2.84. The summed E-state index contributed by atoms with van der Waals surface area (Å²) >= 11 is 1.81. The lowest BCUT2D eigenvalue weighted by Gasteiger charge is -2.19. The highest BCUT2D eigenvalue weighted by Crippen LogP contribution is 2.19. The van der Waals surface area contributed by atoms with E-state index in [4.69, 9.17) is 4.74 Å². The van der Waals surface area contributed by atoms with Gasteiger partial charge in [-0.05, 0) is 31.0 Å². The Morgan fingerprint density at radius 2 is 2.12 bits per heavy atom. The van der Waals surface area contributed by atoms with E-state index in [2.05, 4.69) is 29.4 Å². The number of aliphatic imine (C=N–C) groups is 1. The maximum Gasteiger partial charge on any atom is 0.157 e. The molecule has 0 saturated carbocycles. The Morgan fingerprint density at radius 3 is 2.71 bits per heavy atom. The van der Waals surface area contributed by atoms with Gasteiger partial charge in [-0.3, -0.25) is 4.99 Å². The van der Waals surface area contributed by atoms with Crippen molar-refractivity contribution in [3.05, 3.63) is 29.8 Å². The van der Waals surface area contributed by atoms with Gasteiger partial charge in [-0.2, -0.15) is 0 Å². The molecule has 0 bridgehead atoms. The predicted molar refractivity (Wildman–Crippen MR) is 73.9 cm³/mol. The molecule has 0 spiro atoms.